The zero-order valence-electron chi connectivity index (χ0n) is 18.2. The van der Waals surface area contributed by atoms with Crippen LogP contribution in [0.3, 0.4) is 0 Å². The fourth-order valence-electron chi connectivity index (χ4n) is 4.36. The lowest BCUT2D eigenvalue weighted by Crippen LogP contribution is -2.38. The molecule has 0 saturated carbocycles. The number of hydrogen-bond acceptors (Lipinski definition) is 4. The van der Waals surface area contributed by atoms with Crippen LogP contribution in [0.25, 0.3) is 0 Å². The van der Waals surface area contributed by atoms with Crippen molar-refractivity contribution in [2.24, 2.45) is 0 Å². The number of amides is 2. The highest BCUT2D eigenvalue weighted by atomic mass is 16.5. The van der Waals surface area contributed by atoms with Gasteiger partial charge in [-0.25, -0.2) is 0 Å². The third kappa shape index (κ3) is 5.64. The van der Waals surface area contributed by atoms with E-state index < -0.39 is 0 Å². The number of likely N-dealkylation sites (tertiary alicyclic amines) is 2. The molecule has 0 atom stereocenters. The van der Waals surface area contributed by atoms with Crippen molar-refractivity contribution >= 4 is 17.5 Å². The smallest absolute Gasteiger partial charge is 0.257 e. The Labute approximate surface area is 184 Å². The largest absolute Gasteiger partial charge is 0.489 e. The molecule has 2 saturated heterocycles. The molecule has 2 amide bonds. The van der Waals surface area contributed by atoms with E-state index in [2.05, 4.69) is 22.3 Å². The number of nitrogens with zero attached hydrogens (tertiary/aromatic N) is 2. The highest BCUT2D eigenvalue weighted by Crippen LogP contribution is 2.26. The molecule has 4 rings (SSSR count). The second-order valence-electron chi connectivity index (χ2n) is 8.47. The first-order chi connectivity index (χ1) is 15.1. The van der Waals surface area contributed by atoms with Gasteiger partial charge in [0.1, 0.15) is 11.9 Å². The summed E-state index contributed by atoms with van der Waals surface area (Å²) < 4.78 is 6.30. The summed E-state index contributed by atoms with van der Waals surface area (Å²) in [6.07, 6.45) is 4.18. The quantitative estimate of drug-likeness (QED) is 0.768. The van der Waals surface area contributed by atoms with Gasteiger partial charge < -0.3 is 15.0 Å². The first kappa shape index (κ1) is 21.4. The molecule has 6 nitrogen and oxygen atoms in total. The number of benzene rings is 2. The van der Waals surface area contributed by atoms with Gasteiger partial charge in [-0.2, -0.15) is 0 Å². The molecule has 0 aromatic heterocycles. The van der Waals surface area contributed by atoms with E-state index in [4.69, 9.17) is 4.74 Å². The summed E-state index contributed by atoms with van der Waals surface area (Å²) >= 11 is 0. The van der Waals surface area contributed by atoms with Gasteiger partial charge in [0, 0.05) is 45.3 Å². The van der Waals surface area contributed by atoms with Crippen LogP contribution in [0, 0.1) is 0 Å². The van der Waals surface area contributed by atoms with Crippen molar-refractivity contribution in [3.63, 3.8) is 0 Å². The molecule has 0 radical (unpaired) electrons. The van der Waals surface area contributed by atoms with E-state index in [1.54, 1.807) is 0 Å². The summed E-state index contributed by atoms with van der Waals surface area (Å²) in [7, 11) is 0. The minimum atomic E-state index is -0.0569. The van der Waals surface area contributed by atoms with Crippen LogP contribution >= 0.6 is 0 Å². The molecule has 0 bridgehead atoms. The summed E-state index contributed by atoms with van der Waals surface area (Å²) in [6, 6.07) is 15.7. The Hall–Kier alpha value is -2.86. The van der Waals surface area contributed by atoms with Crippen LogP contribution in [-0.4, -0.2) is 53.9 Å². The van der Waals surface area contributed by atoms with Gasteiger partial charge in [0.05, 0.1) is 5.56 Å². The van der Waals surface area contributed by atoms with Crippen molar-refractivity contribution in [1.82, 2.24) is 9.80 Å². The number of piperidine rings is 1. The first-order valence-electron chi connectivity index (χ1n) is 11.2. The van der Waals surface area contributed by atoms with Gasteiger partial charge in [-0.05, 0) is 55.5 Å². The second kappa shape index (κ2) is 9.96. The highest BCUT2D eigenvalue weighted by Gasteiger charge is 2.25. The number of carbonyl (C=O) groups excluding carboxylic acids is 2. The lowest BCUT2D eigenvalue weighted by molar-refractivity contribution is -0.114. The number of anilines is 1. The maximum atomic E-state index is 12.9. The number of nitrogens with one attached hydrogen (secondary N) is 1. The van der Waals surface area contributed by atoms with E-state index in [0.717, 1.165) is 64.1 Å². The Morgan fingerprint density at radius 2 is 1.65 bits per heavy atom. The predicted octanol–water partition coefficient (Wildman–Crippen LogP) is 3.92. The maximum Gasteiger partial charge on any atom is 0.257 e. The molecule has 2 fully saturated rings. The van der Waals surface area contributed by atoms with Crippen molar-refractivity contribution in [3.05, 3.63) is 59.7 Å². The number of ether oxygens (including phenoxy) is 1. The van der Waals surface area contributed by atoms with Crippen LogP contribution in [-0.2, 0) is 11.3 Å². The maximum absolute atomic E-state index is 12.9. The SMILES string of the molecule is CC(=O)Nc1ccc(CN2CCC(Oc3ccccc3C(=O)N3CCCC3)CC2)cc1. The van der Waals surface area contributed by atoms with Gasteiger partial charge in [-0.3, -0.25) is 14.5 Å². The predicted molar refractivity (Wildman–Crippen MR) is 121 cm³/mol. The summed E-state index contributed by atoms with van der Waals surface area (Å²) in [5.74, 6) is 0.748. The molecule has 2 heterocycles. The minimum absolute atomic E-state index is 0.0569. The Morgan fingerprint density at radius 3 is 2.32 bits per heavy atom. The standard InChI is InChI=1S/C25H31N3O3/c1-19(29)26-21-10-8-20(9-11-21)18-27-16-12-22(13-17-27)31-24-7-3-2-6-23(24)25(30)28-14-4-5-15-28/h2-3,6-11,22H,4-5,12-18H2,1H3,(H,26,29). The van der Waals surface area contributed by atoms with Crippen molar-refractivity contribution in [1.29, 1.82) is 0 Å². The molecular weight excluding hydrogens is 390 g/mol. The molecule has 6 heteroatoms. The minimum Gasteiger partial charge on any atom is -0.489 e. The summed E-state index contributed by atoms with van der Waals surface area (Å²) in [5, 5.41) is 2.80. The van der Waals surface area contributed by atoms with Crippen LogP contribution in [0.2, 0.25) is 0 Å². The lowest BCUT2D eigenvalue weighted by Gasteiger charge is -2.32. The van der Waals surface area contributed by atoms with Crippen molar-refractivity contribution in [3.8, 4) is 5.75 Å². The molecule has 0 spiro atoms. The van der Waals surface area contributed by atoms with Gasteiger partial charge >= 0.3 is 0 Å². The number of para-hydroxylation sites is 1. The third-order valence-electron chi connectivity index (χ3n) is 6.02. The third-order valence-corrected chi connectivity index (χ3v) is 6.02. The molecule has 31 heavy (non-hydrogen) atoms. The Morgan fingerprint density at radius 1 is 0.968 bits per heavy atom. The van der Waals surface area contributed by atoms with E-state index in [9.17, 15) is 9.59 Å². The summed E-state index contributed by atoms with van der Waals surface area (Å²) in [6.45, 7) is 6.01. The zero-order valence-corrected chi connectivity index (χ0v) is 18.2. The van der Waals surface area contributed by atoms with Crippen molar-refractivity contribution < 1.29 is 14.3 Å². The van der Waals surface area contributed by atoms with E-state index >= 15 is 0 Å². The van der Waals surface area contributed by atoms with Gasteiger partial charge in [-0.15, -0.1) is 0 Å². The van der Waals surface area contributed by atoms with Gasteiger partial charge in [-0.1, -0.05) is 24.3 Å². The lowest BCUT2D eigenvalue weighted by atomic mass is 10.1. The molecule has 2 aromatic carbocycles. The van der Waals surface area contributed by atoms with E-state index in [1.165, 1.54) is 12.5 Å². The zero-order chi connectivity index (χ0) is 21.6. The molecule has 2 aliphatic heterocycles. The van der Waals surface area contributed by atoms with Crippen molar-refractivity contribution in [2.45, 2.75) is 45.3 Å². The molecule has 2 aromatic rings. The fraction of sp³-hybridized carbons (Fsp3) is 0.440. The average molecular weight is 422 g/mol. The van der Waals surface area contributed by atoms with E-state index in [1.807, 2.05) is 41.3 Å². The second-order valence-corrected chi connectivity index (χ2v) is 8.47. The van der Waals surface area contributed by atoms with Gasteiger partial charge in [0.2, 0.25) is 5.91 Å². The number of carbonyl (C=O) groups is 2. The van der Waals surface area contributed by atoms with Crippen LogP contribution < -0.4 is 10.1 Å². The fourth-order valence-corrected chi connectivity index (χ4v) is 4.36. The number of hydrogen-bond donors (Lipinski definition) is 1. The van der Waals surface area contributed by atoms with E-state index in [-0.39, 0.29) is 17.9 Å². The van der Waals surface area contributed by atoms with Crippen LogP contribution in [0.15, 0.2) is 48.5 Å². The van der Waals surface area contributed by atoms with E-state index in [0.29, 0.717) is 11.3 Å². The topological polar surface area (TPSA) is 61.9 Å². The van der Waals surface area contributed by atoms with Crippen LogP contribution in [0.1, 0.15) is 48.5 Å². The number of rotatable bonds is 6. The van der Waals surface area contributed by atoms with Crippen LogP contribution in [0.5, 0.6) is 5.75 Å². The monoisotopic (exact) mass is 421 g/mol. The Balaban J connectivity index is 1.30. The van der Waals surface area contributed by atoms with Gasteiger partial charge in [0.25, 0.3) is 5.91 Å². The first-order valence-corrected chi connectivity index (χ1v) is 11.2. The highest BCUT2D eigenvalue weighted by molar-refractivity contribution is 5.97. The van der Waals surface area contributed by atoms with Crippen molar-refractivity contribution in [2.75, 3.05) is 31.5 Å². The summed E-state index contributed by atoms with van der Waals surface area (Å²) in [4.78, 5) is 28.4. The molecule has 164 valence electrons. The normalized spacial score (nSPS) is 17.5. The average Bonchev–Trinajstić information content (AvgIpc) is 3.31. The van der Waals surface area contributed by atoms with Crippen LogP contribution in [0.4, 0.5) is 5.69 Å². The molecule has 0 aliphatic carbocycles. The Kier molecular flexibility index (Phi) is 6.87. The molecule has 2 aliphatic rings. The van der Waals surface area contributed by atoms with Gasteiger partial charge in [0.15, 0.2) is 0 Å². The molecule has 0 unspecified atom stereocenters. The molecule has 1 N–H and O–H groups in total. The molecular formula is C25H31N3O3. The Bertz CT molecular complexity index is 898. The summed E-state index contributed by atoms with van der Waals surface area (Å²) in [5.41, 5.74) is 2.74.